The summed E-state index contributed by atoms with van der Waals surface area (Å²) in [7, 11) is 0. The molecule has 0 unspecified atom stereocenters. The first-order chi connectivity index (χ1) is 10.6. The van der Waals surface area contributed by atoms with E-state index < -0.39 is 0 Å². The molecule has 0 bridgehead atoms. The van der Waals surface area contributed by atoms with Crippen LogP contribution >= 0.6 is 0 Å². The Morgan fingerprint density at radius 2 is 1.82 bits per heavy atom. The van der Waals surface area contributed by atoms with Crippen LogP contribution in [-0.2, 0) is 4.74 Å². The third-order valence-electron chi connectivity index (χ3n) is 2.86. The molecule has 0 fully saturated rings. The van der Waals surface area contributed by atoms with Crippen molar-refractivity contribution in [3.63, 3.8) is 0 Å². The second-order valence-electron chi connectivity index (χ2n) is 5.06. The molecular weight excluding hydrogens is 282 g/mol. The minimum absolute atomic E-state index is 0.117. The van der Waals surface area contributed by atoms with E-state index in [1.165, 1.54) is 0 Å². The van der Waals surface area contributed by atoms with Crippen LogP contribution in [0.15, 0.2) is 18.2 Å². The molecule has 0 radical (unpaired) electrons. The number of hydrogen-bond donors (Lipinski definition) is 1. The van der Waals surface area contributed by atoms with Crippen molar-refractivity contribution in [3.8, 4) is 11.5 Å². The van der Waals surface area contributed by atoms with Crippen molar-refractivity contribution in [1.82, 2.24) is 5.32 Å². The molecule has 0 saturated heterocycles. The van der Waals surface area contributed by atoms with Gasteiger partial charge >= 0.3 is 0 Å². The molecule has 0 aliphatic rings. The standard InChI is InChI=1S/C17H27NO4/c1-5-20-15-9-8-14(12-16(15)21-6-2)17(19)18-10-7-11-22-13(3)4/h8-9,12-13H,5-7,10-11H2,1-4H3,(H,18,19). The van der Waals surface area contributed by atoms with E-state index in [2.05, 4.69) is 5.32 Å². The van der Waals surface area contributed by atoms with Crippen molar-refractivity contribution in [2.24, 2.45) is 0 Å². The van der Waals surface area contributed by atoms with Crippen LogP contribution in [0.5, 0.6) is 11.5 Å². The molecule has 1 aromatic rings. The summed E-state index contributed by atoms with van der Waals surface area (Å²) in [6.07, 6.45) is 1.01. The Morgan fingerprint density at radius 1 is 1.14 bits per heavy atom. The van der Waals surface area contributed by atoms with Gasteiger partial charge in [-0.2, -0.15) is 0 Å². The van der Waals surface area contributed by atoms with Crippen molar-refractivity contribution in [2.45, 2.75) is 40.2 Å². The van der Waals surface area contributed by atoms with E-state index in [0.29, 0.717) is 43.4 Å². The molecule has 1 N–H and O–H groups in total. The quantitative estimate of drug-likeness (QED) is 0.675. The zero-order chi connectivity index (χ0) is 16.4. The van der Waals surface area contributed by atoms with Crippen molar-refractivity contribution in [2.75, 3.05) is 26.4 Å². The molecule has 1 aromatic carbocycles. The molecule has 0 heterocycles. The van der Waals surface area contributed by atoms with E-state index in [9.17, 15) is 4.79 Å². The molecule has 0 aliphatic carbocycles. The second kappa shape index (κ2) is 10.1. The summed E-state index contributed by atoms with van der Waals surface area (Å²) in [5, 5.41) is 2.88. The molecule has 0 spiro atoms. The number of carbonyl (C=O) groups excluding carboxylic acids is 1. The third kappa shape index (κ3) is 6.35. The lowest BCUT2D eigenvalue weighted by atomic mass is 10.2. The molecule has 0 atom stereocenters. The molecule has 1 amide bonds. The minimum Gasteiger partial charge on any atom is -0.490 e. The van der Waals surface area contributed by atoms with Gasteiger partial charge in [0.05, 0.1) is 19.3 Å². The zero-order valence-corrected chi connectivity index (χ0v) is 14.0. The monoisotopic (exact) mass is 309 g/mol. The summed E-state index contributed by atoms with van der Waals surface area (Å²) in [5.74, 6) is 1.14. The summed E-state index contributed by atoms with van der Waals surface area (Å²) in [5.41, 5.74) is 0.566. The SMILES string of the molecule is CCOc1ccc(C(=O)NCCCOC(C)C)cc1OCC. The van der Waals surface area contributed by atoms with Crippen LogP contribution in [0.25, 0.3) is 0 Å². The number of nitrogens with one attached hydrogen (secondary N) is 1. The third-order valence-corrected chi connectivity index (χ3v) is 2.86. The Kier molecular flexibility index (Phi) is 8.36. The summed E-state index contributed by atoms with van der Waals surface area (Å²) >= 11 is 0. The fourth-order valence-electron chi connectivity index (χ4n) is 1.89. The second-order valence-corrected chi connectivity index (χ2v) is 5.06. The average Bonchev–Trinajstić information content (AvgIpc) is 2.48. The molecule has 124 valence electrons. The summed E-state index contributed by atoms with van der Waals surface area (Å²) in [6.45, 7) is 10.1. The van der Waals surface area contributed by atoms with Gasteiger partial charge in [-0.25, -0.2) is 0 Å². The number of amides is 1. The van der Waals surface area contributed by atoms with E-state index >= 15 is 0 Å². The zero-order valence-electron chi connectivity index (χ0n) is 14.0. The van der Waals surface area contributed by atoms with E-state index in [0.717, 1.165) is 6.42 Å². The first-order valence-electron chi connectivity index (χ1n) is 7.87. The molecule has 0 aliphatic heterocycles. The lowest BCUT2D eigenvalue weighted by Gasteiger charge is -2.12. The Bertz CT molecular complexity index is 460. The average molecular weight is 309 g/mol. The smallest absolute Gasteiger partial charge is 0.251 e. The predicted octanol–water partition coefficient (Wildman–Crippen LogP) is 3.03. The topological polar surface area (TPSA) is 56.8 Å². The lowest BCUT2D eigenvalue weighted by molar-refractivity contribution is 0.0757. The van der Waals surface area contributed by atoms with E-state index in [1.807, 2.05) is 27.7 Å². The number of rotatable bonds is 10. The van der Waals surface area contributed by atoms with Gasteiger partial charge in [-0.15, -0.1) is 0 Å². The fraction of sp³-hybridized carbons (Fsp3) is 0.588. The molecule has 22 heavy (non-hydrogen) atoms. The summed E-state index contributed by atoms with van der Waals surface area (Å²) < 4.78 is 16.4. The van der Waals surface area contributed by atoms with Crippen molar-refractivity contribution < 1.29 is 19.0 Å². The van der Waals surface area contributed by atoms with Crippen LogP contribution in [0.3, 0.4) is 0 Å². The van der Waals surface area contributed by atoms with Crippen LogP contribution in [0, 0.1) is 0 Å². The lowest BCUT2D eigenvalue weighted by Crippen LogP contribution is -2.25. The number of carbonyl (C=O) groups is 1. The first kappa shape index (κ1) is 18.3. The number of hydrogen-bond acceptors (Lipinski definition) is 4. The Hall–Kier alpha value is -1.75. The largest absolute Gasteiger partial charge is 0.490 e. The van der Waals surface area contributed by atoms with Gasteiger partial charge in [-0.05, 0) is 52.3 Å². The Morgan fingerprint density at radius 3 is 2.45 bits per heavy atom. The fourth-order valence-corrected chi connectivity index (χ4v) is 1.89. The maximum atomic E-state index is 12.1. The highest BCUT2D eigenvalue weighted by atomic mass is 16.5. The van der Waals surface area contributed by atoms with Gasteiger partial charge in [-0.1, -0.05) is 0 Å². The molecule has 0 saturated carbocycles. The van der Waals surface area contributed by atoms with Gasteiger partial charge in [0.2, 0.25) is 0 Å². The van der Waals surface area contributed by atoms with Gasteiger partial charge in [0.15, 0.2) is 11.5 Å². The van der Waals surface area contributed by atoms with Gasteiger partial charge in [0.25, 0.3) is 5.91 Å². The predicted molar refractivity (Wildman–Crippen MR) is 86.8 cm³/mol. The normalized spacial score (nSPS) is 10.6. The van der Waals surface area contributed by atoms with E-state index in [4.69, 9.17) is 14.2 Å². The molecule has 1 rings (SSSR count). The van der Waals surface area contributed by atoms with Crippen molar-refractivity contribution >= 4 is 5.91 Å². The van der Waals surface area contributed by atoms with Gasteiger partial charge in [-0.3, -0.25) is 4.79 Å². The van der Waals surface area contributed by atoms with Crippen LogP contribution < -0.4 is 14.8 Å². The highest BCUT2D eigenvalue weighted by molar-refractivity contribution is 5.94. The van der Waals surface area contributed by atoms with E-state index in [1.54, 1.807) is 18.2 Å². The van der Waals surface area contributed by atoms with E-state index in [-0.39, 0.29) is 12.0 Å². The highest BCUT2D eigenvalue weighted by Crippen LogP contribution is 2.28. The number of benzene rings is 1. The molecule has 0 aromatic heterocycles. The van der Waals surface area contributed by atoms with Gasteiger partial charge in [0.1, 0.15) is 0 Å². The summed E-state index contributed by atoms with van der Waals surface area (Å²) in [4.78, 5) is 12.1. The Balaban J connectivity index is 2.55. The van der Waals surface area contributed by atoms with Crippen molar-refractivity contribution in [1.29, 1.82) is 0 Å². The van der Waals surface area contributed by atoms with Gasteiger partial charge in [0, 0.05) is 18.7 Å². The van der Waals surface area contributed by atoms with Crippen LogP contribution in [0.2, 0.25) is 0 Å². The summed E-state index contributed by atoms with van der Waals surface area (Å²) in [6, 6.07) is 5.23. The maximum absolute atomic E-state index is 12.1. The molecular formula is C17H27NO4. The van der Waals surface area contributed by atoms with Crippen LogP contribution in [0.4, 0.5) is 0 Å². The van der Waals surface area contributed by atoms with Crippen LogP contribution in [0.1, 0.15) is 44.5 Å². The number of ether oxygens (including phenoxy) is 3. The van der Waals surface area contributed by atoms with Crippen LogP contribution in [-0.4, -0.2) is 38.4 Å². The molecule has 5 nitrogen and oxygen atoms in total. The van der Waals surface area contributed by atoms with Gasteiger partial charge < -0.3 is 19.5 Å². The Labute approximate surface area is 132 Å². The first-order valence-corrected chi connectivity index (χ1v) is 7.87. The molecule has 5 heteroatoms. The van der Waals surface area contributed by atoms with Crippen molar-refractivity contribution in [3.05, 3.63) is 23.8 Å². The minimum atomic E-state index is -0.117. The maximum Gasteiger partial charge on any atom is 0.251 e. The highest BCUT2D eigenvalue weighted by Gasteiger charge is 2.11.